The molecule has 0 bridgehead atoms. The molecule has 0 radical (unpaired) electrons. The topological polar surface area (TPSA) is 26.3 Å². The Morgan fingerprint density at radius 2 is 2.00 bits per heavy atom. The van der Waals surface area contributed by atoms with Gasteiger partial charge in [-0.05, 0) is 50.9 Å². The second kappa shape index (κ2) is 5.28. The van der Waals surface area contributed by atoms with Crippen LogP contribution in [-0.2, 0) is 4.74 Å². The average Bonchev–Trinajstić information content (AvgIpc) is 2.11. The maximum Gasteiger partial charge on any atom is 0.339 e. The van der Waals surface area contributed by atoms with Crippen LogP contribution in [-0.4, -0.2) is 12.6 Å². The number of hydrogen-bond donors (Lipinski definition) is 0. The lowest BCUT2D eigenvalue weighted by molar-refractivity contribution is 0.0525. The van der Waals surface area contributed by atoms with E-state index < -0.39 is 0 Å². The number of carbonyl (C=O) groups is 1. The molecule has 0 fully saturated rings. The van der Waals surface area contributed by atoms with Gasteiger partial charge in [-0.1, -0.05) is 15.9 Å². The van der Waals surface area contributed by atoms with Crippen LogP contribution in [0.4, 0.5) is 0 Å². The van der Waals surface area contributed by atoms with E-state index in [2.05, 4.69) is 47.8 Å². The van der Waals surface area contributed by atoms with Crippen LogP contribution in [0.15, 0.2) is 25.6 Å². The van der Waals surface area contributed by atoms with Crippen molar-refractivity contribution in [1.29, 1.82) is 0 Å². The fraction of sp³-hybridized carbons (Fsp3) is 0.222. The molecule has 0 aliphatic rings. The molecule has 76 valence electrons. The minimum absolute atomic E-state index is 0.332. The van der Waals surface area contributed by atoms with Crippen LogP contribution in [0.25, 0.3) is 0 Å². The zero-order valence-electron chi connectivity index (χ0n) is 7.31. The van der Waals surface area contributed by atoms with Gasteiger partial charge >= 0.3 is 5.97 Å². The Morgan fingerprint density at radius 3 is 2.57 bits per heavy atom. The number of halogens is 3. The van der Waals surface area contributed by atoms with E-state index in [1.165, 1.54) is 0 Å². The molecule has 0 saturated carbocycles. The molecule has 0 unspecified atom stereocenters. The molecule has 0 N–H and O–H groups in total. The Bertz CT molecular complexity index is 363. The molecule has 1 rings (SSSR count). The van der Waals surface area contributed by atoms with Gasteiger partial charge in [0.2, 0.25) is 0 Å². The molecule has 0 heterocycles. The van der Waals surface area contributed by atoms with Gasteiger partial charge < -0.3 is 4.74 Å². The standard InChI is InChI=1S/C9H7Br3O2/c1-2-14-9(13)6-3-5(10)4-7(11)8(6)12/h3-4H,2H2,1H3. The van der Waals surface area contributed by atoms with E-state index in [1.54, 1.807) is 13.0 Å². The van der Waals surface area contributed by atoms with E-state index in [9.17, 15) is 4.79 Å². The summed E-state index contributed by atoms with van der Waals surface area (Å²) in [4.78, 5) is 11.5. The third-order valence-corrected chi connectivity index (χ3v) is 3.96. The van der Waals surface area contributed by atoms with Crippen molar-refractivity contribution in [2.45, 2.75) is 6.92 Å². The molecule has 1 aromatic rings. The largest absolute Gasteiger partial charge is 0.462 e. The van der Waals surface area contributed by atoms with Gasteiger partial charge in [-0.25, -0.2) is 4.79 Å². The van der Waals surface area contributed by atoms with Gasteiger partial charge in [0.15, 0.2) is 0 Å². The van der Waals surface area contributed by atoms with Crippen molar-refractivity contribution in [2.24, 2.45) is 0 Å². The zero-order valence-corrected chi connectivity index (χ0v) is 12.1. The minimum Gasteiger partial charge on any atom is -0.462 e. The molecule has 1 aromatic carbocycles. The second-order valence-electron chi connectivity index (χ2n) is 2.47. The molecule has 2 nitrogen and oxygen atoms in total. The molecule has 0 aromatic heterocycles. The van der Waals surface area contributed by atoms with Gasteiger partial charge in [0.1, 0.15) is 0 Å². The Hall–Kier alpha value is 0.130. The molecule has 0 aliphatic carbocycles. The van der Waals surface area contributed by atoms with Crippen molar-refractivity contribution < 1.29 is 9.53 Å². The van der Waals surface area contributed by atoms with Gasteiger partial charge in [-0.2, -0.15) is 0 Å². The van der Waals surface area contributed by atoms with Crippen LogP contribution in [0.3, 0.4) is 0 Å². The maximum absolute atomic E-state index is 11.5. The summed E-state index contributed by atoms with van der Waals surface area (Å²) < 4.78 is 7.26. The van der Waals surface area contributed by atoms with Crippen molar-refractivity contribution in [1.82, 2.24) is 0 Å². The number of benzene rings is 1. The van der Waals surface area contributed by atoms with Crippen LogP contribution in [0.2, 0.25) is 0 Å². The van der Waals surface area contributed by atoms with E-state index in [1.807, 2.05) is 6.07 Å². The van der Waals surface area contributed by atoms with E-state index in [0.29, 0.717) is 16.6 Å². The highest BCUT2D eigenvalue weighted by Gasteiger charge is 2.14. The van der Waals surface area contributed by atoms with Gasteiger partial charge in [-0.3, -0.25) is 0 Å². The Balaban J connectivity index is 3.13. The van der Waals surface area contributed by atoms with Gasteiger partial charge in [-0.15, -0.1) is 0 Å². The van der Waals surface area contributed by atoms with E-state index >= 15 is 0 Å². The first-order valence-corrected chi connectivity index (χ1v) is 6.25. The molecule has 0 amide bonds. The molecule has 0 atom stereocenters. The van der Waals surface area contributed by atoms with Crippen molar-refractivity contribution in [3.05, 3.63) is 31.1 Å². The van der Waals surface area contributed by atoms with Crippen LogP contribution >= 0.6 is 47.8 Å². The van der Waals surface area contributed by atoms with E-state index in [0.717, 1.165) is 8.95 Å². The SMILES string of the molecule is CCOC(=O)c1cc(Br)cc(Br)c1Br. The summed E-state index contributed by atoms with van der Waals surface area (Å²) >= 11 is 9.96. The second-order valence-corrected chi connectivity index (χ2v) is 5.03. The Morgan fingerprint density at radius 1 is 1.36 bits per heavy atom. The fourth-order valence-electron chi connectivity index (χ4n) is 0.913. The highest BCUT2D eigenvalue weighted by atomic mass is 79.9. The lowest BCUT2D eigenvalue weighted by Gasteiger charge is -2.06. The number of esters is 1. The molecule has 0 spiro atoms. The lowest BCUT2D eigenvalue weighted by Crippen LogP contribution is -2.05. The predicted molar refractivity (Wildman–Crippen MR) is 65.5 cm³/mol. The van der Waals surface area contributed by atoms with Crippen molar-refractivity contribution in [2.75, 3.05) is 6.61 Å². The third kappa shape index (κ3) is 2.81. The van der Waals surface area contributed by atoms with Crippen molar-refractivity contribution in [3.8, 4) is 0 Å². The Kier molecular flexibility index (Phi) is 4.60. The minimum atomic E-state index is -0.332. The van der Waals surface area contributed by atoms with Crippen molar-refractivity contribution >= 4 is 53.8 Å². The van der Waals surface area contributed by atoms with Gasteiger partial charge in [0.05, 0.1) is 12.2 Å². The average molecular weight is 387 g/mol. The van der Waals surface area contributed by atoms with Crippen LogP contribution in [0, 0.1) is 0 Å². The van der Waals surface area contributed by atoms with Crippen molar-refractivity contribution in [3.63, 3.8) is 0 Å². The molecule has 0 saturated heterocycles. The first kappa shape index (κ1) is 12.2. The smallest absolute Gasteiger partial charge is 0.339 e. The molecular formula is C9H7Br3O2. The maximum atomic E-state index is 11.5. The normalized spacial score (nSPS) is 10.0. The Labute approximate surface area is 107 Å². The van der Waals surface area contributed by atoms with Gasteiger partial charge in [0.25, 0.3) is 0 Å². The third-order valence-electron chi connectivity index (χ3n) is 1.49. The van der Waals surface area contributed by atoms with Crippen LogP contribution in [0.1, 0.15) is 17.3 Å². The highest BCUT2D eigenvalue weighted by Crippen LogP contribution is 2.31. The summed E-state index contributed by atoms with van der Waals surface area (Å²) in [5.41, 5.74) is 0.508. The summed E-state index contributed by atoms with van der Waals surface area (Å²) in [7, 11) is 0. The molecule has 5 heteroatoms. The molecule has 0 aliphatic heterocycles. The van der Waals surface area contributed by atoms with E-state index in [-0.39, 0.29) is 5.97 Å². The van der Waals surface area contributed by atoms with Crippen LogP contribution < -0.4 is 0 Å². The summed E-state index contributed by atoms with van der Waals surface area (Å²) in [5.74, 6) is -0.332. The number of ether oxygens (including phenoxy) is 1. The summed E-state index contributed by atoms with van der Waals surface area (Å²) in [6.45, 7) is 2.15. The lowest BCUT2D eigenvalue weighted by atomic mass is 10.2. The number of rotatable bonds is 2. The number of hydrogen-bond acceptors (Lipinski definition) is 2. The summed E-state index contributed by atoms with van der Waals surface area (Å²) in [6.07, 6.45) is 0. The quantitative estimate of drug-likeness (QED) is 0.563. The first-order valence-electron chi connectivity index (χ1n) is 3.88. The first-order chi connectivity index (χ1) is 6.56. The fourth-order valence-corrected chi connectivity index (χ4v) is 2.53. The highest BCUT2D eigenvalue weighted by molar-refractivity contribution is 9.13. The molecular weight excluding hydrogens is 380 g/mol. The molecule has 14 heavy (non-hydrogen) atoms. The number of carbonyl (C=O) groups excluding carboxylic acids is 1. The predicted octanol–water partition coefficient (Wildman–Crippen LogP) is 4.15. The summed E-state index contributed by atoms with van der Waals surface area (Å²) in [5, 5.41) is 0. The van der Waals surface area contributed by atoms with Crippen LogP contribution in [0.5, 0.6) is 0 Å². The monoisotopic (exact) mass is 384 g/mol. The van der Waals surface area contributed by atoms with E-state index in [4.69, 9.17) is 4.74 Å². The van der Waals surface area contributed by atoms with Gasteiger partial charge in [0, 0.05) is 13.4 Å². The summed E-state index contributed by atoms with van der Waals surface area (Å²) in [6, 6.07) is 3.57. The zero-order chi connectivity index (χ0) is 10.7.